The molecule has 1 amide bonds. The second-order valence-corrected chi connectivity index (χ2v) is 7.37. The van der Waals surface area contributed by atoms with Gasteiger partial charge in [-0.15, -0.1) is 0 Å². The van der Waals surface area contributed by atoms with Crippen LogP contribution in [0.1, 0.15) is 47.5 Å². The second-order valence-electron chi connectivity index (χ2n) is 7.37. The summed E-state index contributed by atoms with van der Waals surface area (Å²) in [5.41, 5.74) is 0. The number of likely N-dealkylation sites (tertiary alicyclic amines) is 1. The lowest BCUT2D eigenvalue weighted by Crippen LogP contribution is -2.46. The molecule has 0 aromatic heterocycles. The standard InChI is InChI=1S/C17H35N3O/c1-13(2)10-18-11-16-6-8-20(9-7-16)12-17(21)19-15(5)14(3)4/h13-16,18H,6-12H2,1-5H3,(H,19,21). The SMILES string of the molecule is CC(C)CNCC1CCN(CC(=O)NC(C)C(C)C)CC1. The van der Waals surface area contributed by atoms with Gasteiger partial charge in [-0.25, -0.2) is 0 Å². The van der Waals surface area contributed by atoms with Crippen molar-refractivity contribution in [3.63, 3.8) is 0 Å². The van der Waals surface area contributed by atoms with Crippen LogP contribution in [0.5, 0.6) is 0 Å². The van der Waals surface area contributed by atoms with Crippen LogP contribution in [0.3, 0.4) is 0 Å². The molecule has 0 radical (unpaired) electrons. The van der Waals surface area contributed by atoms with Crippen LogP contribution in [0, 0.1) is 17.8 Å². The van der Waals surface area contributed by atoms with Gasteiger partial charge < -0.3 is 10.6 Å². The average molecular weight is 297 g/mol. The fourth-order valence-corrected chi connectivity index (χ4v) is 2.59. The highest BCUT2D eigenvalue weighted by Crippen LogP contribution is 2.16. The molecule has 1 saturated heterocycles. The molecule has 124 valence electrons. The Balaban J connectivity index is 2.16. The van der Waals surface area contributed by atoms with Gasteiger partial charge in [0.05, 0.1) is 6.54 Å². The molecule has 0 bridgehead atoms. The Morgan fingerprint density at radius 1 is 1.14 bits per heavy atom. The summed E-state index contributed by atoms with van der Waals surface area (Å²) >= 11 is 0. The highest BCUT2D eigenvalue weighted by Gasteiger charge is 2.21. The Kier molecular flexibility index (Phi) is 8.27. The summed E-state index contributed by atoms with van der Waals surface area (Å²) in [4.78, 5) is 14.3. The maximum atomic E-state index is 12.0. The molecule has 1 fully saturated rings. The van der Waals surface area contributed by atoms with E-state index >= 15 is 0 Å². The van der Waals surface area contributed by atoms with E-state index in [0.717, 1.165) is 38.0 Å². The quantitative estimate of drug-likeness (QED) is 0.721. The molecule has 0 aliphatic carbocycles. The van der Waals surface area contributed by atoms with Crippen LogP contribution >= 0.6 is 0 Å². The van der Waals surface area contributed by atoms with Gasteiger partial charge >= 0.3 is 0 Å². The molecule has 0 spiro atoms. The highest BCUT2D eigenvalue weighted by atomic mass is 16.2. The van der Waals surface area contributed by atoms with Crippen molar-refractivity contribution in [1.82, 2.24) is 15.5 Å². The van der Waals surface area contributed by atoms with Gasteiger partial charge in [0.1, 0.15) is 0 Å². The van der Waals surface area contributed by atoms with Crippen molar-refractivity contribution in [3.05, 3.63) is 0 Å². The second kappa shape index (κ2) is 9.42. The van der Waals surface area contributed by atoms with Crippen LogP contribution in [-0.4, -0.2) is 49.6 Å². The molecule has 0 aromatic rings. The zero-order valence-corrected chi connectivity index (χ0v) is 14.6. The van der Waals surface area contributed by atoms with Gasteiger partial charge in [-0.3, -0.25) is 9.69 Å². The number of hydrogen-bond acceptors (Lipinski definition) is 3. The van der Waals surface area contributed by atoms with Gasteiger partial charge in [-0.2, -0.15) is 0 Å². The van der Waals surface area contributed by atoms with E-state index in [4.69, 9.17) is 0 Å². The van der Waals surface area contributed by atoms with Crippen LogP contribution < -0.4 is 10.6 Å². The first-order valence-electron chi connectivity index (χ1n) is 8.61. The molecule has 21 heavy (non-hydrogen) atoms. The van der Waals surface area contributed by atoms with Crippen molar-refractivity contribution >= 4 is 5.91 Å². The third kappa shape index (κ3) is 7.82. The molecule has 0 aromatic carbocycles. The summed E-state index contributed by atoms with van der Waals surface area (Å²) in [5.74, 6) is 2.16. The Morgan fingerprint density at radius 2 is 1.76 bits per heavy atom. The first kappa shape index (κ1) is 18.4. The molecule has 4 nitrogen and oxygen atoms in total. The van der Waals surface area contributed by atoms with Gasteiger partial charge in [0, 0.05) is 6.04 Å². The Labute approximate surface area is 131 Å². The van der Waals surface area contributed by atoms with Crippen molar-refractivity contribution in [2.45, 2.75) is 53.5 Å². The molecule has 0 saturated carbocycles. The Hall–Kier alpha value is -0.610. The van der Waals surface area contributed by atoms with Crippen LogP contribution in [0.25, 0.3) is 0 Å². The highest BCUT2D eigenvalue weighted by molar-refractivity contribution is 5.78. The number of carbonyl (C=O) groups is 1. The van der Waals surface area contributed by atoms with Crippen molar-refractivity contribution in [2.75, 3.05) is 32.7 Å². The number of nitrogens with zero attached hydrogens (tertiary/aromatic N) is 1. The Bertz CT molecular complexity index is 296. The topological polar surface area (TPSA) is 44.4 Å². The molecule has 4 heteroatoms. The van der Waals surface area contributed by atoms with Crippen molar-refractivity contribution in [3.8, 4) is 0 Å². The van der Waals surface area contributed by atoms with E-state index in [9.17, 15) is 4.79 Å². The van der Waals surface area contributed by atoms with E-state index in [1.165, 1.54) is 12.8 Å². The predicted octanol–water partition coefficient (Wildman–Crippen LogP) is 2.10. The molecule has 1 rings (SSSR count). The number of piperidine rings is 1. The van der Waals surface area contributed by atoms with E-state index in [1.54, 1.807) is 0 Å². The molecule has 1 heterocycles. The minimum absolute atomic E-state index is 0.174. The van der Waals surface area contributed by atoms with Crippen LogP contribution in [-0.2, 0) is 4.79 Å². The molecule has 1 unspecified atom stereocenters. The monoisotopic (exact) mass is 297 g/mol. The normalized spacial score (nSPS) is 19.2. The van der Waals surface area contributed by atoms with Crippen molar-refractivity contribution in [2.24, 2.45) is 17.8 Å². The third-order valence-corrected chi connectivity index (χ3v) is 4.45. The van der Waals surface area contributed by atoms with Gasteiger partial charge in [0.2, 0.25) is 5.91 Å². The molecule has 1 atom stereocenters. The summed E-state index contributed by atoms with van der Waals surface area (Å²) < 4.78 is 0. The Morgan fingerprint density at radius 3 is 2.29 bits per heavy atom. The summed E-state index contributed by atoms with van der Waals surface area (Å²) in [7, 11) is 0. The summed E-state index contributed by atoms with van der Waals surface area (Å²) in [6, 6.07) is 0.260. The zero-order chi connectivity index (χ0) is 15.8. The zero-order valence-electron chi connectivity index (χ0n) is 14.6. The van der Waals surface area contributed by atoms with E-state index in [0.29, 0.717) is 12.5 Å². The van der Waals surface area contributed by atoms with Crippen molar-refractivity contribution < 1.29 is 4.79 Å². The lowest BCUT2D eigenvalue weighted by molar-refractivity contribution is -0.123. The number of amides is 1. The fraction of sp³-hybridized carbons (Fsp3) is 0.941. The molecule has 2 N–H and O–H groups in total. The van der Waals surface area contributed by atoms with Crippen LogP contribution in [0.15, 0.2) is 0 Å². The van der Waals surface area contributed by atoms with Gasteiger partial charge in [0.25, 0.3) is 0 Å². The van der Waals surface area contributed by atoms with E-state index in [-0.39, 0.29) is 11.9 Å². The first-order chi connectivity index (χ1) is 9.88. The van der Waals surface area contributed by atoms with E-state index in [2.05, 4.69) is 50.2 Å². The van der Waals surface area contributed by atoms with E-state index in [1.807, 2.05) is 0 Å². The maximum absolute atomic E-state index is 12.0. The molecular formula is C17H35N3O. The minimum Gasteiger partial charge on any atom is -0.352 e. The summed E-state index contributed by atoms with van der Waals surface area (Å²) in [6.07, 6.45) is 2.41. The molecular weight excluding hydrogens is 262 g/mol. The smallest absolute Gasteiger partial charge is 0.234 e. The lowest BCUT2D eigenvalue weighted by atomic mass is 9.96. The molecule has 1 aliphatic heterocycles. The van der Waals surface area contributed by atoms with E-state index < -0.39 is 0 Å². The number of nitrogens with one attached hydrogen (secondary N) is 2. The lowest BCUT2D eigenvalue weighted by Gasteiger charge is -2.32. The number of rotatable bonds is 8. The van der Waals surface area contributed by atoms with Crippen LogP contribution in [0.2, 0.25) is 0 Å². The van der Waals surface area contributed by atoms with Gasteiger partial charge in [-0.05, 0) is 63.7 Å². The number of hydrogen-bond donors (Lipinski definition) is 2. The maximum Gasteiger partial charge on any atom is 0.234 e. The predicted molar refractivity (Wildman–Crippen MR) is 89.3 cm³/mol. The molecule has 1 aliphatic rings. The third-order valence-electron chi connectivity index (χ3n) is 4.45. The number of carbonyl (C=O) groups excluding carboxylic acids is 1. The summed E-state index contributed by atoms with van der Waals surface area (Å²) in [5, 5.41) is 6.64. The summed E-state index contributed by atoms with van der Waals surface area (Å²) in [6.45, 7) is 15.7. The van der Waals surface area contributed by atoms with Crippen molar-refractivity contribution in [1.29, 1.82) is 0 Å². The van der Waals surface area contributed by atoms with Crippen LogP contribution in [0.4, 0.5) is 0 Å². The fourth-order valence-electron chi connectivity index (χ4n) is 2.59. The van der Waals surface area contributed by atoms with Gasteiger partial charge in [0.15, 0.2) is 0 Å². The first-order valence-corrected chi connectivity index (χ1v) is 8.61. The van der Waals surface area contributed by atoms with Gasteiger partial charge in [-0.1, -0.05) is 27.7 Å². The average Bonchev–Trinajstić information content (AvgIpc) is 2.40. The minimum atomic E-state index is 0.174. The largest absolute Gasteiger partial charge is 0.352 e.